The van der Waals surface area contributed by atoms with Gasteiger partial charge in [0.2, 0.25) is 0 Å². The molecule has 2 aromatic carbocycles. The highest BCUT2D eigenvalue weighted by molar-refractivity contribution is 5.77. The number of carbonyl (C=O) groups excluding carboxylic acids is 3. The zero-order valence-corrected chi connectivity index (χ0v) is 25.5. The second-order valence-electron chi connectivity index (χ2n) is 12.6. The summed E-state index contributed by atoms with van der Waals surface area (Å²) in [5.74, 6) is -0.0240. The smallest absolute Gasteiger partial charge is 0.344 e. The predicted octanol–water partition coefficient (Wildman–Crippen LogP) is 6.31. The van der Waals surface area contributed by atoms with Crippen LogP contribution in [0, 0.1) is 17.8 Å². The molecule has 4 rings (SSSR count). The number of ether oxygens (including phenoxy) is 4. The van der Waals surface area contributed by atoms with Crippen LogP contribution in [0.25, 0.3) is 0 Å². The van der Waals surface area contributed by atoms with Gasteiger partial charge < -0.3 is 24.3 Å². The van der Waals surface area contributed by atoms with E-state index in [1.54, 1.807) is 18.2 Å². The highest BCUT2D eigenvalue weighted by Crippen LogP contribution is 2.41. The lowest BCUT2D eigenvalue weighted by Gasteiger charge is -2.34. The summed E-state index contributed by atoms with van der Waals surface area (Å²) in [5.41, 5.74) is 1.05. The molecule has 0 saturated heterocycles. The molecule has 0 aromatic heterocycles. The molecular formula is C34H45NO7. The maximum atomic E-state index is 13.0. The molecule has 0 aliphatic heterocycles. The molecular weight excluding hydrogens is 534 g/mol. The lowest BCUT2D eigenvalue weighted by molar-refractivity contribution is -0.153. The third-order valence-corrected chi connectivity index (χ3v) is 7.88. The summed E-state index contributed by atoms with van der Waals surface area (Å²) in [6, 6.07) is 14.2. The van der Waals surface area contributed by atoms with Crippen LogP contribution in [0.4, 0.5) is 0 Å². The van der Waals surface area contributed by atoms with Crippen molar-refractivity contribution in [2.75, 3.05) is 6.61 Å². The fourth-order valence-electron chi connectivity index (χ4n) is 5.39. The Kier molecular flexibility index (Phi) is 10.7. The average molecular weight is 580 g/mol. The van der Waals surface area contributed by atoms with Gasteiger partial charge in [-0.25, -0.2) is 4.79 Å². The Labute approximate surface area is 249 Å². The SMILES string of the molecule is CCC(NC(C)(C)C)C(OC(=O)C1CC1C)c1ccc(OC(=O)C2CCCC2)c(COC(=O)COc2ccccc2)c1. The normalized spacial score (nSPS) is 19.9. The second kappa shape index (κ2) is 14.2. The van der Waals surface area contributed by atoms with Gasteiger partial charge in [0.05, 0.1) is 11.8 Å². The van der Waals surface area contributed by atoms with Gasteiger partial charge in [0.1, 0.15) is 24.2 Å². The summed E-state index contributed by atoms with van der Waals surface area (Å²) < 4.78 is 23.1. The summed E-state index contributed by atoms with van der Waals surface area (Å²) in [4.78, 5) is 38.5. The first-order valence-corrected chi connectivity index (χ1v) is 15.2. The molecule has 0 amide bonds. The van der Waals surface area contributed by atoms with E-state index in [1.807, 2.05) is 37.3 Å². The number of para-hydroxylation sites is 1. The third kappa shape index (κ3) is 9.05. The molecule has 2 saturated carbocycles. The molecule has 8 nitrogen and oxygen atoms in total. The quantitative estimate of drug-likeness (QED) is 0.218. The van der Waals surface area contributed by atoms with Gasteiger partial charge in [-0.1, -0.05) is 51.0 Å². The van der Waals surface area contributed by atoms with Crippen molar-refractivity contribution in [2.45, 2.75) is 97.4 Å². The molecule has 42 heavy (non-hydrogen) atoms. The molecule has 2 aromatic rings. The van der Waals surface area contributed by atoms with E-state index in [-0.39, 0.29) is 48.6 Å². The maximum absolute atomic E-state index is 13.0. The molecule has 1 N–H and O–H groups in total. The zero-order chi connectivity index (χ0) is 30.3. The molecule has 228 valence electrons. The summed E-state index contributed by atoms with van der Waals surface area (Å²) in [6.45, 7) is 9.95. The van der Waals surface area contributed by atoms with Crippen LogP contribution >= 0.6 is 0 Å². The molecule has 0 spiro atoms. The maximum Gasteiger partial charge on any atom is 0.344 e. The Bertz CT molecular complexity index is 1220. The fraction of sp³-hybridized carbons (Fsp3) is 0.559. The van der Waals surface area contributed by atoms with Crippen LogP contribution in [0.15, 0.2) is 48.5 Å². The van der Waals surface area contributed by atoms with Crippen molar-refractivity contribution in [3.63, 3.8) is 0 Å². The zero-order valence-electron chi connectivity index (χ0n) is 25.5. The van der Waals surface area contributed by atoms with E-state index >= 15 is 0 Å². The minimum Gasteiger partial charge on any atom is -0.482 e. The Balaban J connectivity index is 1.57. The van der Waals surface area contributed by atoms with Crippen molar-refractivity contribution in [1.29, 1.82) is 0 Å². The van der Waals surface area contributed by atoms with Crippen LogP contribution in [-0.2, 0) is 30.5 Å². The first-order valence-electron chi connectivity index (χ1n) is 15.2. The largest absolute Gasteiger partial charge is 0.482 e. The third-order valence-electron chi connectivity index (χ3n) is 7.88. The minimum atomic E-state index is -0.579. The minimum absolute atomic E-state index is 0.0867. The lowest BCUT2D eigenvalue weighted by Crippen LogP contribution is -2.47. The van der Waals surface area contributed by atoms with Gasteiger partial charge in [0, 0.05) is 17.1 Å². The van der Waals surface area contributed by atoms with Crippen molar-refractivity contribution < 1.29 is 33.3 Å². The molecule has 8 heteroatoms. The highest BCUT2D eigenvalue weighted by Gasteiger charge is 2.42. The molecule has 2 fully saturated rings. The fourth-order valence-corrected chi connectivity index (χ4v) is 5.39. The van der Waals surface area contributed by atoms with Crippen molar-refractivity contribution in [3.05, 3.63) is 59.7 Å². The first-order chi connectivity index (χ1) is 20.0. The van der Waals surface area contributed by atoms with Gasteiger partial charge in [0.25, 0.3) is 0 Å². The van der Waals surface area contributed by atoms with E-state index in [9.17, 15) is 14.4 Å². The Morgan fingerprint density at radius 2 is 1.69 bits per heavy atom. The Hall–Kier alpha value is -3.39. The van der Waals surface area contributed by atoms with Crippen molar-refractivity contribution in [3.8, 4) is 11.5 Å². The molecule has 0 heterocycles. The molecule has 0 radical (unpaired) electrons. The van der Waals surface area contributed by atoms with Crippen molar-refractivity contribution in [2.24, 2.45) is 17.8 Å². The number of carbonyl (C=O) groups is 3. The monoisotopic (exact) mass is 579 g/mol. The Morgan fingerprint density at radius 1 is 1.00 bits per heavy atom. The van der Waals surface area contributed by atoms with Gasteiger partial charge in [-0.15, -0.1) is 0 Å². The summed E-state index contributed by atoms with van der Waals surface area (Å²) in [6.07, 6.45) is 4.61. The number of hydrogen-bond acceptors (Lipinski definition) is 8. The van der Waals surface area contributed by atoms with Gasteiger partial charge in [-0.3, -0.25) is 9.59 Å². The van der Waals surface area contributed by atoms with Crippen LogP contribution in [0.2, 0.25) is 0 Å². The van der Waals surface area contributed by atoms with Crippen LogP contribution in [0.5, 0.6) is 11.5 Å². The summed E-state index contributed by atoms with van der Waals surface area (Å²) in [5, 5.41) is 3.60. The van der Waals surface area contributed by atoms with Gasteiger partial charge in [-0.05, 0) is 82.2 Å². The molecule has 2 aliphatic carbocycles. The van der Waals surface area contributed by atoms with Gasteiger partial charge >= 0.3 is 17.9 Å². The highest BCUT2D eigenvalue weighted by atomic mass is 16.6. The number of benzene rings is 2. The Morgan fingerprint density at radius 3 is 2.31 bits per heavy atom. The first kappa shape index (κ1) is 31.5. The van der Waals surface area contributed by atoms with Crippen LogP contribution < -0.4 is 14.8 Å². The van der Waals surface area contributed by atoms with Crippen LogP contribution in [-0.4, -0.2) is 36.1 Å². The molecule has 4 atom stereocenters. The van der Waals surface area contributed by atoms with Crippen molar-refractivity contribution >= 4 is 17.9 Å². The molecule has 4 unspecified atom stereocenters. The number of esters is 3. The second-order valence-corrected chi connectivity index (χ2v) is 12.6. The van der Waals surface area contributed by atoms with Crippen LogP contribution in [0.1, 0.15) is 90.4 Å². The summed E-state index contributed by atoms with van der Waals surface area (Å²) >= 11 is 0. The van der Waals surface area contributed by atoms with E-state index in [4.69, 9.17) is 18.9 Å². The van der Waals surface area contributed by atoms with Crippen molar-refractivity contribution in [1.82, 2.24) is 5.32 Å². The number of nitrogens with one attached hydrogen (secondary N) is 1. The van der Waals surface area contributed by atoms with E-state index in [0.717, 1.165) is 44.1 Å². The molecule has 2 aliphatic rings. The standard InChI is InChI=1S/C34H45NO7/c1-6-28(35-34(3,4)5)31(42-33(38)27-18-22(27)2)24-16-17-29(41-32(37)23-12-10-11-13-23)25(19-24)20-40-30(36)21-39-26-14-8-7-9-15-26/h7-9,14-17,19,22-23,27-28,31,35H,6,10-13,18,20-21H2,1-5H3. The number of hydrogen-bond donors (Lipinski definition) is 1. The number of rotatable bonds is 13. The van der Waals surface area contributed by atoms with E-state index < -0.39 is 12.1 Å². The predicted molar refractivity (Wildman–Crippen MR) is 159 cm³/mol. The van der Waals surface area contributed by atoms with E-state index in [1.165, 1.54) is 0 Å². The van der Waals surface area contributed by atoms with E-state index in [0.29, 0.717) is 23.0 Å². The van der Waals surface area contributed by atoms with E-state index in [2.05, 4.69) is 33.0 Å². The summed E-state index contributed by atoms with van der Waals surface area (Å²) in [7, 11) is 0. The topological polar surface area (TPSA) is 100 Å². The van der Waals surface area contributed by atoms with Crippen LogP contribution in [0.3, 0.4) is 0 Å². The molecule has 0 bridgehead atoms. The van der Waals surface area contributed by atoms with Gasteiger partial charge in [0.15, 0.2) is 6.61 Å². The van der Waals surface area contributed by atoms with Gasteiger partial charge in [-0.2, -0.15) is 0 Å². The average Bonchev–Trinajstić information content (AvgIpc) is 3.44. The lowest BCUT2D eigenvalue weighted by atomic mass is 9.95.